The van der Waals surface area contributed by atoms with E-state index in [1.165, 1.54) is 22.7 Å². The number of amides is 1. The van der Waals surface area contributed by atoms with E-state index in [9.17, 15) is 4.79 Å². The number of thiazole rings is 2. The summed E-state index contributed by atoms with van der Waals surface area (Å²) in [5.74, 6) is -0.129. The molecule has 5 aromatic rings. The molecule has 0 atom stereocenters. The van der Waals surface area contributed by atoms with E-state index in [4.69, 9.17) is 11.6 Å². The van der Waals surface area contributed by atoms with Crippen molar-refractivity contribution in [2.24, 2.45) is 0 Å². The van der Waals surface area contributed by atoms with Gasteiger partial charge < -0.3 is 0 Å². The van der Waals surface area contributed by atoms with Crippen LogP contribution < -0.4 is 4.90 Å². The Morgan fingerprint density at radius 1 is 1.00 bits per heavy atom. The van der Waals surface area contributed by atoms with Gasteiger partial charge in [0.1, 0.15) is 0 Å². The number of halogens is 1. The Bertz CT molecular complexity index is 1330. The molecule has 29 heavy (non-hydrogen) atoms. The number of benzene rings is 2. The number of anilines is 1. The molecule has 0 unspecified atom stereocenters. The minimum Gasteiger partial charge on any atom is -0.278 e. The molecule has 0 N–H and O–H groups in total. The Morgan fingerprint density at radius 2 is 1.90 bits per heavy atom. The van der Waals surface area contributed by atoms with Gasteiger partial charge in [0.25, 0.3) is 5.91 Å². The van der Waals surface area contributed by atoms with Crippen molar-refractivity contribution in [1.29, 1.82) is 0 Å². The first-order valence-electron chi connectivity index (χ1n) is 8.78. The van der Waals surface area contributed by atoms with Crippen LogP contribution >= 0.6 is 34.3 Å². The normalized spacial score (nSPS) is 11.2. The molecule has 0 saturated heterocycles. The summed E-state index contributed by atoms with van der Waals surface area (Å²) < 4.78 is 1.91. The molecular formula is C21H13ClN4OS2. The maximum absolute atomic E-state index is 13.5. The van der Waals surface area contributed by atoms with Gasteiger partial charge in [-0.05, 0) is 48.5 Å². The van der Waals surface area contributed by atoms with Gasteiger partial charge in [-0.2, -0.15) is 0 Å². The molecule has 1 amide bonds. The van der Waals surface area contributed by atoms with Gasteiger partial charge in [-0.3, -0.25) is 14.7 Å². The van der Waals surface area contributed by atoms with E-state index in [1.807, 2.05) is 42.5 Å². The van der Waals surface area contributed by atoms with Crippen molar-refractivity contribution < 1.29 is 4.79 Å². The van der Waals surface area contributed by atoms with Crippen LogP contribution in [0, 0.1) is 0 Å². The third-order valence-corrected chi connectivity index (χ3v) is 6.51. The zero-order valence-electron chi connectivity index (χ0n) is 14.9. The fourth-order valence-electron chi connectivity index (χ4n) is 3.03. The standard InChI is InChI=1S/C21H13ClN4OS2/c22-14-5-7-17-19(10-14)29-21(25-17)26(11-15-3-1-2-8-23-15)20(27)13-4-6-16-18(9-13)28-12-24-16/h1-10,12H,11H2. The van der Waals surface area contributed by atoms with Crippen LogP contribution in [0.15, 0.2) is 66.3 Å². The van der Waals surface area contributed by atoms with Crippen molar-refractivity contribution in [3.8, 4) is 0 Å². The summed E-state index contributed by atoms with van der Waals surface area (Å²) in [7, 11) is 0. The van der Waals surface area contributed by atoms with Gasteiger partial charge >= 0.3 is 0 Å². The number of nitrogens with zero attached hydrogens (tertiary/aromatic N) is 4. The second kappa shape index (κ2) is 7.51. The molecule has 0 fully saturated rings. The van der Waals surface area contributed by atoms with E-state index >= 15 is 0 Å². The van der Waals surface area contributed by atoms with Crippen LogP contribution in [0.2, 0.25) is 5.02 Å². The molecule has 0 aliphatic heterocycles. The van der Waals surface area contributed by atoms with Crippen molar-refractivity contribution >= 4 is 65.7 Å². The van der Waals surface area contributed by atoms with Crippen LogP contribution in [-0.4, -0.2) is 20.9 Å². The summed E-state index contributed by atoms with van der Waals surface area (Å²) >= 11 is 9.08. The minimum absolute atomic E-state index is 0.129. The molecule has 0 bridgehead atoms. The average molecular weight is 437 g/mol. The highest BCUT2D eigenvalue weighted by Crippen LogP contribution is 2.32. The van der Waals surface area contributed by atoms with E-state index in [-0.39, 0.29) is 5.91 Å². The predicted octanol–water partition coefficient (Wildman–Crippen LogP) is 5.80. The third kappa shape index (κ3) is 3.60. The van der Waals surface area contributed by atoms with Crippen LogP contribution in [0.4, 0.5) is 5.13 Å². The van der Waals surface area contributed by atoms with E-state index in [0.29, 0.717) is 22.3 Å². The van der Waals surface area contributed by atoms with Gasteiger partial charge in [0.2, 0.25) is 0 Å². The smallest absolute Gasteiger partial charge is 0.260 e. The summed E-state index contributed by atoms with van der Waals surface area (Å²) in [6, 6.07) is 16.8. The van der Waals surface area contributed by atoms with E-state index in [2.05, 4.69) is 15.0 Å². The molecule has 0 aliphatic carbocycles. The number of fused-ring (bicyclic) bond motifs is 2. The lowest BCUT2D eigenvalue weighted by atomic mass is 10.2. The van der Waals surface area contributed by atoms with Crippen LogP contribution in [0.3, 0.4) is 0 Å². The molecule has 0 saturated carbocycles. The first-order valence-corrected chi connectivity index (χ1v) is 10.9. The summed E-state index contributed by atoms with van der Waals surface area (Å²) in [6.45, 7) is 0.327. The molecule has 5 nitrogen and oxygen atoms in total. The fraction of sp³-hybridized carbons (Fsp3) is 0.0476. The van der Waals surface area contributed by atoms with Gasteiger partial charge in [-0.25, -0.2) is 9.97 Å². The number of hydrogen-bond acceptors (Lipinski definition) is 6. The minimum atomic E-state index is -0.129. The van der Waals surface area contributed by atoms with Crippen molar-refractivity contribution in [3.63, 3.8) is 0 Å². The second-order valence-electron chi connectivity index (χ2n) is 6.36. The number of aromatic nitrogens is 3. The highest BCUT2D eigenvalue weighted by Gasteiger charge is 2.23. The zero-order chi connectivity index (χ0) is 19.8. The van der Waals surface area contributed by atoms with Crippen LogP contribution in [0.25, 0.3) is 20.4 Å². The molecule has 3 aromatic heterocycles. The SMILES string of the molecule is O=C(c1ccc2ncsc2c1)N(Cc1ccccn1)c1nc2ccc(Cl)cc2s1. The third-order valence-electron chi connectivity index (χ3n) is 4.44. The van der Waals surface area contributed by atoms with Crippen molar-refractivity contribution in [2.45, 2.75) is 6.54 Å². The first-order chi connectivity index (χ1) is 14.2. The molecule has 3 heterocycles. The van der Waals surface area contributed by atoms with Crippen LogP contribution in [0.5, 0.6) is 0 Å². The number of pyridine rings is 1. The number of hydrogen-bond donors (Lipinski definition) is 0. The summed E-state index contributed by atoms with van der Waals surface area (Å²) in [6.07, 6.45) is 1.72. The molecule has 0 aliphatic rings. The highest BCUT2D eigenvalue weighted by molar-refractivity contribution is 7.22. The Kier molecular flexibility index (Phi) is 4.71. The summed E-state index contributed by atoms with van der Waals surface area (Å²) in [5, 5.41) is 1.26. The second-order valence-corrected chi connectivity index (χ2v) is 8.69. The lowest BCUT2D eigenvalue weighted by molar-refractivity contribution is 0.0985. The van der Waals surface area contributed by atoms with Gasteiger partial charge in [-0.15, -0.1) is 11.3 Å². The summed E-state index contributed by atoms with van der Waals surface area (Å²) in [4.78, 5) is 28.5. The maximum Gasteiger partial charge on any atom is 0.260 e. The predicted molar refractivity (Wildman–Crippen MR) is 119 cm³/mol. The van der Waals surface area contributed by atoms with Gasteiger partial charge in [0, 0.05) is 16.8 Å². The van der Waals surface area contributed by atoms with Crippen molar-refractivity contribution in [3.05, 3.63) is 82.6 Å². The van der Waals surface area contributed by atoms with Crippen molar-refractivity contribution in [2.75, 3.05) is 4.90 Å². The van der Waals surface area contributed by atoms with Gasteiger partial charge in [0.15, 0.2) is 5.13 Å². The maximum atomic E-state index is 13.5. The lowest BCUT2D eigenvalue weighted by Gasteiger charge is -2.19. The lowest BCUT2D eigenvalue weighted by Crippen LogP contribution is -2.30. The summed E-state index contributed by atoms with van der Waals surface area (Å²) in [5.41, 5.74) is 4.86. The topological polar surface area (TPSA) is 59.0 Å². The number of carbonyl (C=O) groups excluding carboxylic acids is 1. The van der Waals surface area contributed by atoms with Crippen LogP contribution in [-0.2, 0) is 6.54 Å². The Morgan fingerprint density at radius 3 is 2.76 bits per heavy atom. The first kappa shape index (κ1) is 18.2. The Balaban J connectivity index is 1.59. The fourth-order valence-corrected chi connectivity index (χ4v) is 4.98. The number of carbonyl (C=O) groups is 1. The van der Waals surface area contributed by atoms with Gasteiger partial charge in [0.05, 0.1) is 38.2 Å². The Hall–Kier alpha value is -2.87. The van der Waals surface area contributed by atoms with Gasteiger partial charge in [-0.1, -0.05) is 29.0 Å². The quantitative estimate of drug-likeness (QED) is 0.357. The number of rotatable bonds is 4. The molecule has 2 aromatic carbocycles. The molecule has 0 radical (unpaired) electrons. The Labute approximate surface area is 179 Å². The largest absolute Gasteiger partial charge is 0.278 e. The van der Waals surface area contributed by atoms with Crippen molar-refractivity contribution in [1.82, 2.24) is 15.0 Å². The molecule has 142 valence electrons. The monoisotopic (exact) mass is 436 g/mol. The average Bonchev–Trinajstić information content (AvgIpc) is 3.38. The molecule has 8 heteroatoms. The molecular weight excluding hydrogens is 424 g/mol. The zero-order valence-corrected chi connectivity index (χ0v) is 17.3. The molecule has 0 spiro atoms. The highest BCUT2D eigenvalue weighted by atomic mass is 35.5. The van der Waals surface area contributed by atoms with E-state index < -0.39 is 0 Å². The van der Waals surface area contributed by atoms with Crippen LogP contribution in [0.1, 0.15) is 16.1 Å². The molecule has 5 rings (SSSR count). The van der Waals surface area contributed by atoms with E-state index in [1.54, 1.807) is 28.7 Å². The van der Waals surface area contributed by atoms with E-state index in [0.717, 1.165) is 26.1 Å².